The number of rotatable bonds is 7. The molecule has 1 aliphatic rings. The summed E-state index contributed by atoms with van der Waals surface area (Å²) >= 11 is 0. The fraction of sp³-hybridized carbons (Fsp3) is 0.208. The van der Waals surface area contributed by atoms with Crippen LogP contribution in [-0.2, 0) is 9.53 Å². The molecule has 1 atom stereocenters. The Morgan fingerprint density at radius 1 is 1.07 bits per heavy atom. The SMILES string of the molecule is O=C(COc1ccc(C=CC=Cc2cccc(O)c2)cc1)OC1C=CCCC1. The van der Waals surface area contributed by atoms with Crippen LogP contribution < -0.4 is 4.74 Å². The minimum Gasteiger partial charge on any atom is -0.508 e. The second kappa shape index (κ2) is 10.2. The molecule has 0 saturated carbocycles. The molecule has 0 radical (unpaired) electrons. The highest BCUT2D eigenvalue weighted by Gasteiger charge is 2.14. The van der Waals surface area contributed by atoms with Gasteiger partial charge >= 0.3 is 5.97 Å². The number of phenolic OH excluding ortho intramolecular Hbond substituents is 1. The lowest BCUT2D eigenvalue weighted by molar-refractivity contribution is -0.149. The number of aromatic hydroxyl groups is 1. The molecule has 3 rings (SSSR count). The lowest BCUT2D eigenvalue weighted by Crippen LogP contribution is -2.22. The van der Waals surface area contributed by atoms with Gasteiger partial charge < -0.3 is 14.6 Å². The first kappa shape index (κ1) is 19.5. The van der Waals surface area contributed by atoms with E-state index in [1.54, 1.807) is 18.2 Å². The van der Waals surface area contributed by atoms with Crippen molar-refractivity contribution in [3.8, 4) is 11.5 Å². The van der Waals surface area contributed by atoms with Crippen molar-refractivity contribution in [3.63, 3.8) is 0 Å². The number of ether oxygens (including phenoxy) is 2. The molecule has 0 amide bonds. The largest absolute Gasteiger partial charge is 0.508 e. The highest BCUT2D eigenvalue weighted by Crippen LogP contribution is 2.16. The average Bonchev–Trinajstić information content (AvgIpc) is 2.71. The molecule has 2 aromatic carbocycles. The van der Waals surface area contributed by atoms with E-state index in [9.17, 15) is 9.90 Å². The molecule has 1 N–H and O–H groups in total. The van der Waals surface area contributed by atoms with E-state index in [0.29, 0.717) is 5.75 Å². The minimum atomic E-state index is -0.349. The highest BCUT2D eigenvalue weighted by atomic mass is 16.6. The van der Waals surface area contributed by atoms with Gasteiger partial charge in [0.25, 0.3) is 0 Å². The Bertz CT molecular complexity index is 862. The summed E-state index contributed by atoms with van der Waals surface area (Å²) in [6.07, 6.45) is 14.6. The Morgan fingerprint density at radius 3 is 2.57 bits per heavy atom. The number of phenols is 1. The van der Waals surface area contributed by atoms with Crippen molar-refractivity contribution in [2.24, 2.45) is 0 Å². The zero-order chi connectivity index (χ0) is 19.6. The van der Waals surface area contributed by atoms with Crippen molar-refractivity contribution in [3.05, 3.63) is 84.0 Å². The standard InChI is InChI=1S/C24H24O4/c25-21-10-6-9-20(17-21)8-5-4-7-19-13-15-22(16-14-19)27-18-24(26)28-23-11-2-1-3-12-23/h2,4-11,13-17,23,25H,1,3,12,18H2. The number of esters is 1. The fourth-order valence-electron chi connectivity index (χ4n) is 2.86. The van der Waals surface area contributed by atoms with E-state index in [2.05, 4.69) is 0 Å². The van der Waals surface area contributed by atoms with Crippen molar-refractivity contribution in [1.29, 1.82) is 0 Å². The van der Waals surface area contributed by atoms with Crippen molar-refractivity contribution in [2.75, 3.05) is 6.61 Å². The van der Waals surface area contributed by atoms with E-state index in [0.717, 1.165) is 30.4 Å². The molecule has 28 heavy (non-hydrogen) atoms. The number of hydrogen-bond donors (Lipinski definition) is 1. The normalized spacial score (nSPS) is 16.5. The Balaban J connectivity index is 1.44. The van der Waals surface area contributed by atoms with Gasteiger partial charge in [0, 0.05) is 0 Å². The van der Waals surface area contributed by atoms with Gasteiger partial charge in [0.2, 0.25) is 0 Å². The molecule has 4 heteroatoms. The van der Waals surface area contributed by atoms with Crippen LogP contribution in [0.25, 0.3) is 12.2 Å². The maximum Gasteiger partial charge on any atom is 0.344 e. The number of hydrogen-bond acceptors (Lipinski definition) is 4. The summed E-state index contributed by atoms with van der Waals surface area (Å²) < 4.78 is 10.9. The molecule has 0 heterocycles. The third-order valence-electron chi connectivity index (χ3n) is 4.29. The molecule has 1 aliphatic carbocycles. The van der Waals surface area contributed by atoms with Crippen LogP contribution in [0, 0.1) is 0 Å². The summed E-state index contributed by atoms with van der Waals surface area (Å²) in [6, 6.07) is 14.6. The number of carbonyl (C=O) groups is 1. The molecule has 0 aromatic heterocycles. The van der Waals surface area contributed by atoms with Crippen LogP contribution in [0.15, 0.2) is 72.8 Å². The van der Waals surface area contributed by atoms with Crippen molar-refractivity contribution < 1.29 is 19.4 Å². The van der Waals surface area contributed by atoms with Gasteiger partial charge in [-0.2, -0.15) is 0 Å². The van der Waals surface area contributed by atoms with E-state index >= 15 is 0 Å². The van der Waals surface area contributed by atoms with Crippen LogP contribution in [-0.4, -0.2) is 23.8 Å². The van der Waals surface area contributed by atoms with E-state index in [-0.39, 0.29) is 24.4 Å². The van der Waals surface area contributed by atoms with Crippen molar-refractivity contribution in [2.45, 2.75) is 25.4 Å². The van der Waals surface area contributed by atoms with Gasteiger partial charge in [-0.1, -0.05) is 54.6 Å². The van der Waals surface area contributed by atoms with Crippen molar-refractivity contribution in [1.82, 2.24) is 0 Å². The summed E-state index contributed by atoms with van der Waals surface area (Å²) in [4.78, 5) is 11.8. The molecule has 1 unspecified atom stereocenters. The number of allylic oxidation sites excluding steroid dienone is 3. The molecule has 0 bridgehead atoms. The molecular weight excluding hydrogens is 352 g/mol. The lowest BCUT2D eigenvalue weighted by atomic mass is 10.1. The Morgan fingerprint density at radius 2 is 1.86 bits per heavy atom. The maximum absolute atomic E-state index is 11.8. The summed E-state index contributed by atoms with van der Waals surface area (Å²) in [7, 11) is 0. The molecule has 0 fully saturated rings. The zero-order valence-electron chi connectivity index (χ0n) is 15.7. The Labute approximate surface area is 165 Å². The van der Waals surface area contributed by atoms with Gasteiger partial charge in [-0.05, 0) is 60.7 Å². The third-order valence-corrected chi connectivity index (χ3v) is 4.29. The molecule has 144 valence electrons. The lowest BCUT2D eigenvalue weighted by Gasteiger charge is -2.17. The van der Waals surface area contributed by atoms with E-state index in [1.807, 2.05) is 66.8 Å². The van der Waals surface area contributed by atoms with Gasteiger partial charge in [0.05, 0.1) is 0 Å². The van der Waals surface area contributed by atoms with Gasteiger partial charge in [-0.25, -0.2) is 4.79 Å². The molecular formula is C24H24O4. The quantitative estimate of drug-likeness (QED) is 0.412. The molecule has 2 aromatic rings. The molecule has 4 nitrogen and oxygen atoms in total. The summed E-state index contributed by atoms with van der Waals surface area (Å²) in [6.45, 7) is -0.0911. The molecule has 0 saturated heterocycles. The van der Waals surface area contributed by atoms with Gasteiger partial charge in [0.15, 0.2) is 6.61 Å². The fourth-order valence-corrected chi connectivity index (χ4v) is 2.86. The summed E-state index contributed by atoms with van der Waals surface area (Å²) in [5.41, 5.74) is 1.95. The van der Waals surface area contributed by atoms with Crippen LogP contribution >= 0.6 is 0 Å². The van der Waals surface area contributed by atoms with Gasteiger partial charge in [0.1, 0.15) is 17.6 Å². The first-order valence-electron chi connectivity index (χ1n) is 9.42. The predicted octanol–water partition coefficient (Wildman–Crippen LogP) is 5.15. The topological polar surface area (TPSA) is 55.8 Å². The third kappa shape index (κ3) is 6.47. The number of benzene rings is 2. The van der Waals surface area contributed by atoms with Gasteiger partial charge in [-0.3, -0.25) is 0 Å². The second-order valence-corrected chi connectivity index (χ2v) is 6.56. The number of carbonyl (C=O) groups excluding carboxylic acids is 1. The predicted molar refractivity (Wildman–Crippen MR) is 111 cm³/mol. The van der Waals surface area contributed by atoms with Crippen LogP contribution in [0.3, 0.4) is 0 Å². The van der Waals surface area contributed by atoms with Crippen LogP contribution in [0.4, 0.5) is 0 Å². The monoisotopic (exact) mass is 376 g/mol. The first-order valence-corrected chi connectivity index (χ1v) is 9.42. The first-order chi connectivity index (χ1) is 13.7. The highest BCUT2D eigenvalue weighted by molar-refractivity contribution is 5.71. The molecule has 0 spiro atoms. The van der Waals surface area contributed by atoms with E-state index in [1.165, 1.54) is 0 Å². The zero-order valence-corrected chi connectivity index (χ0v) is 15.7. The minimum absolute atomic E-state index is 0.0911. The summed E-state index contributed by atoms with van der Waals surface area (Å²) in [5, 5.41) is 9.44. The van der Waals surface area contributed by atoms with Crippen LogP contribution in [0.1, 0.15) is 30.4 Å². The van der Waals surface area contributed by atoms with E-state index in [4.69, 9.17) is 9.47 Å². The Hall–Kier alpha value is -3.27. The Kier molecular flexibility index (Phi) is 7.08. The van der Waals surface area contributed by atoms with Crippen LogP contribution in [0.5, 0.6) is 11.5 Å². The summed E-state index contributed by atoms with van der Waals surface area (Å²) in [5.74, 6) is 0.530. The smallest absolute Gasteiger partial charge is 0.344 e. The average molecular weight is 376 g/mol. The van der Waals surface area contributed by atoms with Crippen LogP contribution in [0.2, 0.25) is 0 Å². The maximum atomic E-state index is 11.8. The van der Waals surface area contributed by atoms with E-state index < -0.39 is 0 Å². The molecule has 0 aliphatic heterocycles. The van der Waals surface area contributed by atoms with Crippen molar-refractivity contribution >= 4 is 18.1 Å². The second-order valence-electron chi connectivity index (χ2n) is 6.56. The van der Waals surface area contributed by atoms with Gasteiger partial charge in [-0.15, -0.1) is 0 Å².